The molecule has 0 saturated carbocycles. The lowest BCUT2D eigenvalue weighted by molar-refractivity contribution is -0.161. The Morgan fingerprint density at radius 1 is 0.318 bits per heavy atom. The number of phosphoric acid groups is 2. The number of hydrogen-bond donors (Lipinski definition) is 3. The molecule has 19 heteroatoms. The van der Waals surface area contributed by atoms with Crippen LogP contribution in [0.25, 0.3) is 0 Å². The molecule has 0 radical (unpaired) electrons. The second-order valence-electron chi connectivity index (χ2n) is 24.8. The zero-order chi connectivity index (χ0) is 62.9. The van der Waals surface area contributed by atoms with Gasteiger partial charge in [0.15, 0.2) is 12.2 Å². The van der Waals surface area contributed by atoms with E-state index in [9.17, 15) is 43.2 Å². The first kappa shape index (κ1) is 83.1. The molecule has 0 aromatic heterocycles. The van der Waals surface area contributed by atoms with Gasteiger partial charge in [0.05, 0.1) is 26.4 Å². The second kappa shape index (κ2) is 58.4. The van der Waals surface area contributed by atoms with Crippen molar-refractivity contribution in [2.24, 2.45) is 11.8 Å². The third kappa shape index (κ3) is 60.7. The lowest BCUT2D eigenvalue weighted by Crippen LogP contribution is -2.30. The van der Waals surface area contributed by atoms with Gasteiger partial charge < -0.3 is 33.8 Å². The Balaban J connectivity index is 5.24. The van der Waals surface area contributed by atoms with Crippen LogP contribution in [0.2, 0.25) is 0 Å². The minimum absolute atomic E-state index is 0.105. The Bertz CT molecular complexity index is 1670. The Morgan fingerprint density at radius 2 is 0.541 bits per heavy atom. The van der Waals surface area contributed by atoms with Gasteiger partial charge in [0.2, 0.25) is 0 Å². The van der Waals surface area contributed by atoms with Crippen molar-refractivity contribution in [2.75, 3.05) is 39.6 Å². The Hall–Kier alpha value is -1.94. The van der Waals surface area contributed by atoms with E-state index in [4.69, 9.17) is 37.0 Å². The Labute approximate surface area is 517 Å². The molecule has 0 fully saturated rings. The van der Waals surface area contributed by atoms with Crippen LogP contribution >= 0.6 is 15.6 Å². The number of esters is 4. The summed E-state index contributed by atoms with van der Waals surface area (Å²) >= 11 is 0. The molecular weight excluding hydrogens is 1130 g/mol. The van der Waals surface area contributed by atoms with E-state index in [0.717, 1.165) is 102 Å². The number of rotatable bonds is 65. The highest BCUT2D eigenvalue weighted by Gasteiger charge is 2.30. The van der Waals surface area contributed by atoms with Crippen LogP contribution < -0.4 is 0 Å². The van der Waals surface area contributed by atoms with Gasteiger partial charge in [-0.1, -0.05) is 279 Å². The third-order valence-electron chi connectivity index (χ3n) is 15.2. The number of phosphoric ester groups is 2. The quantitative estimate of drug-likeness (QED) is 0.0222. The maximum absolute atomic E-state index is 13.0. The van der Waals surface area contributed by atoms with Gasteiger partial charge in [-0.25, -0.2) is 9.13 Å². The number of carbonyl (C=O) groups is 4. The van der Waals surface area contributed by atoms with Gasteiger partial charge in [0, 0.05) is 25.7 Å². The van der Waals surface area contributed by atoms with Gasteiger partial charge in [-0.05, 0) is 37.5 Å². The zero-order valence-corrected chi connectivity index (χ0v) is 56.7. The van der Waals surface area contributed by atoms with Crippen LogP contribution in [0, 0.1) is 11.8 Å². The van der Waals surface area contributed by atoms with Crippen molar-refractivity contribution in [1.82, 2.24) is 0 Å². The first-order valence-corrected chi connectivity index (χ1v) is 37.5. The predicted octanol–water partition coefficient (Wildman–Crippen LogP) is 18.4. The van der Waals surface area contributed by atoms with Gasteiger partial charge in [-0.2, -0.15) is 0 Å². The third-order valence-corrected chi connectivity index (χ3v) is 17.1. The highest BCUT2D eigenvalue weighted by Crippen LogP contribution is 2.45. The second-order valence-corrected chi connectivity index (χ2v) is 27.7. The molecule has 17 nitrogen and oxygen atoms in total. The van der Waals surface area contributed by atoms with E-state index in [1.54, 1.807) is 0 Å². The minimum atomic E-state index is -4.95. The molecule has 0 saturated heterocycles. The molecule has 5 atom stereocenters. The molecule has 0 bridgehead atoms. The van der Waals surface area contributed by atoms with Crippen molar-refractivity contribution in [1.29, 1.82) is 0 Å². The molecule has 0 aromatic carbocycles. The van der Waals surface area contributed by atoms with E-state index in [-0.39, 0.29) is 25.7 Å². The summed E-state index contributed by atoms with van der Waals surface area (Å²) in [6, 6.07) is 0. The summed E-state index contributed by atoms with van der Waals surface area (Å²) < 4.78 is 68.1. The van der Waals surface area contributed by atoms with E-state index in [0.29, 0.717) is 31.6 Å². The molecule has 0 aliphatic carbocycles. The lowest BCUT2D eigenvalue weighted by Gasteiger charge is -2.21. The fourth-order valence-electron chi connectivity index (χ4n) is 9.88. The normalized spacial score (nSPS) is 14.2. The van der Waals surface area contributed by atoms with Crippen molar-refractivity contribution >= 4 is 39.5 Å². The zero-order valence-electron chi connectivity index (χ0n) is 54.9. The van der Waals surface area contributed by atoms with E-state index in [1.165, 1.54) is 141 Å². The summed E-state index contributed by atoms with van der Waals surface area (Å²) in [5.74, 6) is -0.699. The van der Waals surface area contributed by atoms with Crippen LogP contribution in [0.5, 0.6) is 0 Å². The van der Waals surface area contributed by atoms with E-state index in [2.05, 4.69) is 41.5 Å². The van der Waals surface area contributed by atoms with E-state index >= 15 is 0 Å². The van der Waals surface area contributed by atoms with Crippen molar-refractivity contribution in [3.63, 3.8) is 0 Å². The van der Waals surface area contributed by atoms with Gasteiger partial charge in [-0.3, -0.25) is 37.3 Å². The maximum Gasteiger partial charge on any atom is 0.472 e. The lowest BCUT2D eigenvalue weighted by atomic mass is 10.0. The molecule has 0 aliphatic heterocycles. The first-order chi connectivity index (χ1) is 40.9. The van der Waals surface area contributed by atoms with Gasteiger partial charge in [0.25, 0.3) is 0 Å². The summed E-state index contributed by atoms with van der Waals surface area (Å²) in [7, 11) is -9.89. The molecule has 0 rings (SSSR count). The van der Waals surface area contributed by atoms with Crippen molar-refractivity contribution in [2.45, 2.75) is 349 Å². The first-order valence-electron chi connectivity index (χ1n) is 34.5. The van der Waals surface area contributed by atoms with Crippen LogP contribution in [0.3, 0.4) is 0 Å². The number of unbranched alkanes of at least 4 members (excludes halogenated alkanes) is 35. The molecule has 0 heterocycles. The highest BCUT2D eigenvalue weighted by atomic mass is 31.2. The number of ether oxygens (including phenoxy) is 4. The number of aliphatic hydroxyl groups is 1. The molecule has 0 spiro atoms. The minimum Gasteiger partial charge on any atom is -0.462 e. The van der Waals surface area contributed by atoms with Crippen molar-refractivity contribution in [3.05, 3.63) is 0 Å². The van der Waals surface area contributed by atoms with E-state index in [1.807, 2.05) is 0 Å². The summed E-state index contributed by atoms with van der Waals surface area (Å²) in [5, 5.41) is 10.5. The monoisotopic (exact) mass is 1250 g/mol. The summed E-state index contributed by atoms with van der Waals surface area (Å²) in [4.78, 5) is 72.3. The summed E-state index contributed by atoms with van der Waals surface area (Å²) in [5.41, 5.74) is 0. The van der Waals surface area contributed by atoms with Gasteiger partial charge in [-0.15, -0.1) is 0 Å². The Kier molecular flexibility index (Phi) is 57.1. The summed E-state index contributed by atoms with van der Waals surface area (Å²) in [6.07, 6.45) is 41.7. The smallest absolute Gasteiger partial charge is 0.462 e. The summed E-state index contributed by atoms with van der Waals surface area (Å²) in [6.45, 7) is 9.41. The standard InChI is InChI=1S/C66H128O17P2/c1-7-9-11-13-15-17-19-20-21-26-29-36-42-48-63(68)76-54-61(82-66(71)51-45-39-31-27-23-22-24-28-34-40-46-58(3)4)56-80-84(72,73)78-52-60(67)53-79-85(74,75)81-57-62(55-77-64(69)49-43-37-33-32-35-41-47-59(5)6)83-65(70)50-44-38-30-25-18-16-14-12-10-8-2/h58-62,67H,7-57H2,1-6H3,(H,72,73)(H,74,75)/t60-,61-,62-/m1/s1. The molecule has 0 amide bonds. The van der Waals surface area contributed by atoms with Crippen molar-refractivity contribution < 1.29 is 80.2 Å². The SMILES string of the molecule is CCCCCCCCCCCCCCCC(=O)OC[C@H](COP(=O)(O)OC[C@@H](O)COP(=O)(O)OC[C@@H](COC(=O)CCCCCCCCC(C)C)OC(=O)CCCCCCCCCCCC)OC(=O)CCCCCCCCCCCCC(C)C. The van der Waals surface area contributed by atoms with Crippen molar-refractivity contribution in [3.8, 4) is 0 Å². The number of aliphatic hydroxyl groups excluding tert-OH is 1. The molecule has 85 heavy (non-hydrogen) atoms. The molecule has 0 aromatic rings. The van der Waals surface area contributed by atoms with Crippen LogP contribution in [-0.2, 0) is 65.4 Å². The highest BCUT2D eigenvalue weighted by molar-refractivity contribution is 7.47. The fourth-order valence-corrected chi connectivity index (χ4v) is 11.5. The molecular formula is C66H128O17P2. The molecule has 2 unspecified atom stereocenters. The molecule has 0 aliphatic rings. The largest absolute Gasteiger partial charge is 0.472 e. The number of hydrogen-bond acceptors (Lipinski definition) is 15. The van der Waals surface area contributed by atoms with Gasteiger partial charge in [0.1, 0.15) is 19.3 Å². The maximum atomic E-state index is 13.0. The van der Waals surface area contributed by atoms with Crippen LogP contribution in [0.15, 0.2) is 0 Å². The van der Waals surface area contributed by atoms with Crippen LogP contribution in [0.1, 0.15) is 330 Å². The molecule has 504 valence electrons. The topological polar surface area (TPSA) is 237 Å². The van der Waals surface area contributed by atoms with E-state index < -0.39 is 97.5 Å². The van der Waals surface area contributed by atoms with Crippen LogP contribution in [-0.4, -0.2) is 96.7 Å². The number of carbonyl (C=O) groups excluding carboxylic acids is 4. The average Bonchev–Trinajstić information content (AvgIpc) is 3.47. The predicted molar refractivity (Wildman–Crippen MR) is 340 cm³/mol. The van der Waals surface area contributed by atoms with Crippen LogP contribution in [0.4, 0.5) is 0 Å². The average molecular weight is 1260 g/mol. The molecule has 3 N–H and O–H groups in total. The Morgan fingerprint density at radius 3 is 0.800 bits per heavy atom. The fraction of sp³-hybridized carbons (Fsp3) is 0.939. The van der Waals surface area contributed by atoms with Gasteiger partial charge >= 0.3 is 39.5 Å².